The molecule has 7 nitrogen and oxygen atoms in total. The van der Waals surface area contributed by atoms with Crippen LogP contribution in [0.1, 0.15) is 62.4 Å². The Kier molecular flexibility index (Phi) is 6.82. The van der Waals surface area contributed by atoms with Crippen LogP contribution in [-0.4, -0.2) is 43.7 Å². The van der Waals surface area contributed by atoms with Gasteiger partial charge in [-0.15, -0.1) is 0 Å². The molecule has 34 heavy (non-hydrogen) atoms. The highest BCUT2D eigenvalue weighted by atomic mass is 32.2. The van der Waals surface area contributed by atoms with Crippen molar-refractivity contribution in [2.75, 3.05) is 18.4 Å². The van der Waals surface area contributed by atoms with Crippen molar-refractivity contribution in [1.29, 1.82) is 0 Å². The average Bonchev–Trinajstić information content (AvgIpc) is 3.63. The molecule has 1 aliphatic carbocycles. The van der Waals surface area contributed by atoms with Gasteiger partial charge in [0.15, 0.2) is 0 Å². The van der Waals surface area contributed by atoms with E-state index in [9.17, 15) is 18.0 Å². The van der Waals surface area contributed by atoms with E-state index in [4.69, 9.17) is 0 Å². The first-order valence-electron chi connectivity index (χ1n) is 11.9. The van der Waals surface area contributed by atoms with Gasteiger partial charge >= 0.3 is 0 Å². The van der Waals surface area contributed by atoms with E-state index in [0.717, 1.165) is 18.4 Å². The molecule has 0 unspecified atom stereocenters. The molecular formula is C26H33N3O4S. The molecule has 1 saturated carbocycles. The van der Waals surface area contributed by atoms with Crippen molar-refractivity contribution in [1.82, 2.24) is 9.62 Å². The number of nitrogens with zero attached hydrogens (tertiary/aromatic N) is 1. The Morgan fingerprint density at radius 2 is 1.53 bits per heavy atom. The number of sulfonamides is 1. The highest BCUT2D eigenvalue weighted by Gasteiger charge is 2.33. The zero-order valence-electron chi connectivity index (χ0n) is 20.0. The summed E-state index contributed by atoms with van der Waals surface area (Å²) in [5.74, 6) is -0.677. The topological polar surface area (TPSA) is 95.6 Å². The number of anilines is 1. The third-order valence-corrected chi connectivity index (χ3v) is 8.44. The fraction of sp³-hybridized carbons (Fsp3) is 0.462. The largest absolute Gasteiger partial charge is 0.349 e. The molecule has 0 radical (unpaired) electrons. The summed E-state index contributed by atoms with van der Waals surface area (Å²) in [5.41, 5.74) is 1.96. The van der Waals surface area contributed by atoms with Gasteiger partial charge in [0.25, 0.3) is 5.91 Å². The Labute approximate surface area is 202 Å². The van der Waals surface area contributed by atoms with Gasteiger partial charge in [0.2, 0.25) is 15.9 Å². The van der Waals surface area contributed by atoms with Gasteiger partial charge in [-0.25, -0.2) is 8.42 Å². The van der Waals surface area contributed by atoms with Crippen LogP contribution < -0.4 is 10.6 Å². The summed E-state index contributed by atoms with van der Waals surface area (Å²) in [6.45, 7) is 6.83. The predicted molar refractivity (Wildman–Crippen MR) is 132 cm³/mol. The van der Waals surface area contributed by atoms with Crippen LogP contribution in [0.5, 0.6) is 0 Å². The van der Waals surface area contributed by atoms with E-state index in [1.807, 2.05) is 12.1 Å². The lowest BCUT2D eigenvalue weighted by atomic mass is 9.87. The molecule has 1 heterocycles. The molecule has 1 aliphatic heterocycles. The molecule has 2 aromatic carbocycles. The Hall–Kier alpha value is -2.71. The summed E-state index contributed by atoms with van der Waals surface area (Å²) in [6.07, 6.45) is 2.84. The van der Waals surface area contributed by atoms with E-state index in [1.165, 1.54) is 4.31 Å². The maximum atomic E-state index is 13.1. The Bertz CT molecular complexity index is 1160. The lowest BCUT2D eigenvalue weighted by molar-refractivity contribution is -0.120. The van der Waals surface area contributed by atoms with Crippen LogP contribution in [0.25, 0.3) is 0 Å². The zero-order valence-corrected chi connectivity index (χ0v) is 20.8. The van der Waals surface area contributed by atoms with E-state index in [0.29, 0.717) is 24.1 Å². The van der Waals surface area contributed by atoms with Crippen LogP contribution in [0.15, 0.2) is 53.4 Å². The minimum Gasteiger partial charge on any atom is -0.349 e. The number of piperidine rings is 1. The third-order valence-electron chi connectivity index (χ3n) is 6.52. The molecule has 182 valence electrons. The van der Waals surface area contributed by atoms with Crippen molar-refractivity contribution in [2.45, 2.75) is 62.8 Å². The highest BCUT2D eigenvalue weighted by Crippen LogP contribution is 2.28. The fourth-order valence-electron chi connectivity index (χ4n) is 4.15. The molecule has 2 N–H and O–H groups in total. The number of hydrogen-bond acceptors (Lipinski definition) is 4. The standard InChI is InChI=1S/C26H33N3O4S/c1-26(2,3)19-8-12-21(13-9-19)34(32,33)29-16-14-18(15-17-29)24(30)28-23-7-5-4-6-22(23)25(31)27-20-10-11-20/h4-9,12-13,18,20H,10-11,14-17H2,1-3H3,(H,27,31)(H,28,30). The van der Waals surface area contributed by atoms with Crippen molar-refractivity contribution in [3.05, 3.63) is 59.7 Å². The van der Waals surface area contributed by atoms with Crippen LogP contribution in [0.3, 0.4) is 0 Å². The van der Waals surface area contributed by atoms with Crippen LogP contribution in [-0.2, 0) is 20.2 Å². The lowest BCUT2D eigenvalue weighted by Gasteiger charge is -2.31. The number of amides is 2. The second kappa shape index (κ2) is 9.50. The smallest absolute Gasteiger partial charge is 0.253 e. The van der Waals surface area contributed by atoms with Crippen LogP contribution >= 0.6 is 0 Å². The number of para-hydroxylation sites is 1. The Morgan fingerprint density at radius 3 is 2.12 bits per heavy atom. The number of rotatable bonds is 6. The summed E-state index contributed by atoms with van der Waals surface area (Å²) < 4.78 is 27.7. The summed E-state index contributed by atoms with van der Waals surface area (Å²) in [6, 6.07) is 14.3. The zero-order chi connectivity index (χ0) is 24.5. The van der Waals surface area contributed by atoms with Gasteiger partial charge in [-0.1, -0.05) is 45.0 Å². The quantitative estimate of drug-likeness (QED) is 0.651. The highest BCUT2D eigenvalue weighted by molar-refractivity contribution is 7.89. The molecule has 0 atom stereocenters. The molecule has 8 heteroatoms. The summed E-state index contributed by atoms with van der Waals surface area (Å²) in [7, 11) is -3.61. The monoisotopic (exact) mass is 483 g/mol. The number of carbonyl (C=O) groups is 2. The Balaban J connectivity index is 1.37. The molecular weight excluding hydrogens is 450 g/mol. The number of benzene rings is 2. The van der Waals surface area contributed by atoms with E-state index >= 15 is 0 Å². The van der Waals surface area contributed by atoms with Gasteiger partial charge in [0.05, 0.1) is 16.1 Å². The van der Waals surface area contributed by atoms with E-state index in [1.54, 1.807) is 36.4 Å². The van der Waals surface area contributed by atoms with Crippen molar-refractivity contribution in [3.8, 4) is 0 Å². The van der Waals surface area contributed by atoms with E-state index in [2.05, 4.69) is 31.4 Å². The summed E-state index contributed by atoms with van der Waals surface area (Å²) >= 11 is 0. The van der Waals surface area contributed by atoms with Crippen LogP contribution in [0.2, 0.25) is 0 Å². The summed E-state index contributed by atoms with van der Waals surface area (Å²) in [5, 5.41) is 5.84. The number of carbonyl (C=O) groups excluding carboxylic acids is 2. The molecule has 0 aromatic heterocycles. The van der Waals surface area contributed by atoms with Gasteiger partial charge in [0, 0.05) is 25.0 Å². The second-order valence-corrected chi connectivity index (χ2v) is 12.2. The predicted octanol–water partition coefficient (Wildman–Crippen LogP) is 3.92. The third kappa shape index (κ3) is 5.50. The molecule has 1 saturated heterocycles. The van der Waals surface area contributed by atoms with Crippen LogP contribution in [0, 0.1) is 5.92 Å². The SMILES string of the molecule is CC(C)(C)c1ccc(S(=O)(=O)N2CCC(C(=O)Nc3ccccc3C(=O)NC3CC3)CC2)cc1. The van der Waals surface area contributed by atoms with E-state index in [-0.39, 0.29) is 47.2 Å². The van der Waals surface area contributed by atoms with Crippen LogP contribution in [0.4, 0.5) is 5.69 Å². The average molecular weight is 484 g/mol. The molecule has 2 aliphatic rings. The number of hydrogen-bond donors (Lipinski definition) is 2. The molecule has 4 rings (SSSR count). The fourth-order valence-corrected chi connectivity index (χ4v) is 5.62. The van der Waals surface area contributed by atoms with Gasteiger partial charge in [0.1, 0.15) is 0 Å². The number of nitrogens with one attached hydrogen (secondary N) is 2. The minimum atomic E-state index is -3.61. The molecule has 0 bridgehead atoms. The van der Waals surface area contributed by atoms with Gasteiger partial charge in [-0.2, -0.15) is 4.31 Å². The van der Waals surface area contributed by atoms with Gasteiger partial charge in [-0.3, -0.25) is 9.59 Å². The van der Waals surface area contributed by atoms with Crippen molar-refractivity contribution >= 4 is 27.5 Å². The summed E-state index contributed by atoms with van der Waals surface area (Å²) in [4.78, 5) is 25.7. The lowest BCUT2D eigenvalue weighted by Crippen LogP contribution is -2.41. The molecule has 2 aromatic rings. The van der Waals surface area contributed by atoms with Crippen molar-refractivity contribution < 1.29 is 18.0 Å². The van der Waals surface area contributed by atoms with E-state index < -0.39 is 10.0 Å². The van der Waals surface area contributed by atoms with Crippen molar-refractivity contribution in [3.63, 3.8) is 0 Å². The van der Waals surface area contributed by atoms with Gasteiger partial charge in [-0.05, 0) is 60.9 Å². The van der Waals surface area contributed by atoms with Crippen molar-refractivity contribution in [2.24, 2.45) is 5.92 Å². The Morgan fingerprint density at radius 1 is 0.912 bits per heavy atom. The first kappa shape index (κ1) is 24.4. The maximum absolute atomic E-state index is 13.1. The molecule has 2 fully saturated rings. The maximum Gasteiger partial charge on any atom is 0.253 e. The second-order valence-electron chi connectivity index (χ2n) is 10.2. The molecule has 0 spiro atoms. The normalized spacial score (nSPS) is 17.9. The van der Waals surface area contributed by atoms with Gasteiger partial charge < -0.3 is 10.6 Å². The first-order valence-corrected chi connectivity index (χ1v) is 13.3. The minimum absolute atomic E-state index is 0.0504. The molecule has 2 amide bonds. The first-order chi connectivity index (χ1) is 16.1.